The molecule has 3 fully saturated rings. The van der Waals surface area contributed by atoms with Gasteiger partial charge in [0.05, 0.1) is 18.6 Å². The summed E-state index contributed by atoms with van der Waals surface area (Å²) in [5, 5.41) is 10.4. The van der Waals surface area contributed by atoms with Gasteiger partial charge < -0.3 is 9.84 Å². The van der Waals surface area contributed by atoms with Gasteiger partial charge in [-0.1, -0.05) is 20.3 Å². The van der Waals surface area contributed by atoms with Crippen molar-refractivity contribution in [1.29, 1.82) is 0 Å². The molecule has 0 amide bonds. The van der Waals surface area contributed by atoms with Crippen molar-refractivity contribution in [2.24, 2.45) is 22.7 Å². The molecule has 0 aromatic heterocycles. The zero-order valence-corrected chi connectivity index (χ0v) is 10.0. The number of carbonyl (C=O) groups excluding carboxylic acids is 1. The predicted octanol–water partition coefficient (Wildman–Crippen LogP) is 1.74. The average molecular weight is 224 g/mol. The van der Waals surface area contributed by atoms with E-state index in [-0.39, 0.29) is 28.8 Å². The topological polar surface area (TPSA) is 46.5 Å². The van der Waals surface area contributed by atoms with E-state index in [0.29, 0.717) is 12.5 Å². The first-order valence-corrected chi connectivity index (χ1v) is 6.32. The first-order valence-electron chi connectivity index (χ1n) is 6.32. The maximum absolute atomic E-state index is 11.9. The van der Waals surface area contributed by atoms with E-state index in [4.69, 9.17) is 4.74 Å². The Morgan fingerprint density at radius 1 is 1.44 bits per heavy atom. The molecule has 0 spiro atoms. The fraction of sp³-hybridized carbons (Fsp3) is 0.923. The van der Waals surface area contributed by atoms with E-state index in [1.807, 2.05) is 0 Å². The van der Waals surface area contributed by atoms with Crippen molar-refractivity contribution >= 4 is 5.97 Å². The molecular weight excluding hydrogens is 204 g/mol. The van der Waals surface area contributed by atoms with Crippen molar-refractivity contribution in [3.05, 3.63) is 0 Å². The number of hydrogen-bond acceptors (Lipinski definition) is 3. The van der Waals surface area contributed by atoms with Crippen molar-refractivity contribution in [3.8, 4) is 0 Å². The summed E-state index contributed by atoms with van der Waals surface area (Å²) in [6.45, 7) is 4.75. The largest absolute Gasteiger partial charge is 0.465 e. The first kappa shape index (κ1) is 10.6. The zero-order chi connectivity index (χ0) is 11.6. The third kappa shape index (κ3) is 1.10. The van der Waals surface area contributed by atoms with Crippen LogP contribution in [0.3, 0.4) is 0 Å². The van der Waals surface area contributed by atoms with Crippen LogP contribution < -0.4 is 0 Å². The Labute approximate surface area is 96.2 Å². The minimum Gasteiger partial charge on any atom is -0.465 e. The molecule has 1 aliphatic heterocycles. The van der Waals surface area contributed by atoms with Crippen molar-refractivity contribution in [2.45, 2.75) is 45.6 Å². The van der Waals surface area contributed by atoms with E-state index >= 15 is 0 Å². The molecule has 3 rings (SSSR count). The maximum Gasteiger partial charge on any atom is 0.309 e. The fourth-order valence-electron chi connectivity index (χ4n) is 4.39. The van der Waals surface area contributed by atoms with Crippen LogP contribution in [0.25, 0.3) is 0 Å². The Bertz CT molecular complexity index is 340. The van der Waals surface area contributed by atoms with Crippen LogP contribution in [0.2, 0.25) is 0 Å². The van der Waals surface area contributed by atoms with Crippen LogP contribution in [0.15, 0.2) is 0 Å². The summed E-state index contributed by atoms with van der Waals surface area (Å²) in [5.41, 5.74) is -0.168. The molecule has 1 N–H and O–H groups in total. The van der Waals surface area contributed by atoms with Gasteiger partial charge in [-0.2, -0.15) is 0 Å². The van der Waals surface area contributed by atoms with Crippen molar-refractivity contribution < 1.29 is 14.6 Å². The van der Waals surface area contributed by atoms with Gasteiger partial charge in [-0.3, -0.25) is 4.79 Å². The molecule has 0 bridgehead atoms. The molecule has 2 aliphatic carbocycles. The van der Waals surface area contributed by atoms with Crippen molar-refractivity contribution in [2.75, 3.05) is 6.61 Å². The van der Waals surface area contributed by atoms with Gasteiger partial charge in [0, 0.05) is 5.41 Å². The van der Waals surface area contributed by atoms with Crippen molar-refractivity contribution in [3.63, 3.8) is 0 Å². The second-order valence-corrected chi connectivity index (χ2v) is 6.46. The summed E-state index contributed by atoms with van der Waals surface area (Å²) in [6, 6.07) is 0. The van der Waals surface area contributed by atoms with Gasteiger partial charge in [-0.05, 0) is 30.6 Å². The van der Waals surface area contributed by atoms with Crippen LogP contribution in [0, 0.1) is 22.7 Å². The average Bonchev–Trinajstić information content (AvgIpc) is 2.70. The molecule has 1 saturated heterocycles. The fourth-order valence-corrected chi connectivity index (χ4v) is 4.39. The predicted molar refractivity (Wildman–Crippen MR) is 58.6 cm³/mol. The number of cyclic esters (lactones) is 1. The van der Waals surface area contributed by atoms with E-state index in [2.05, 4.69) is 13.8 Å². The van der Waals surface area contributed by atoms with E-state index in [1.165, 1.54) is 0 Å². The van der Waals surface area contributed by atoms with Crippen LogP contribution >= 0.6 is 0 Å². The lowest BCUT2D eigenvalue weighted by Crippen LogP contribution is -2.52. The molecule has 16 heavy (non-hydrogen) atoms. The summed E-state index contributed by atoms with van der Waals surface area (Å²) in [7, 11) is 0. The monoisotopic (exact) mass is 224 g/mol. The van der Waals surface area contributed by atoms with Crippen LogP contribution in [-0.2, 0) is 9.53 Å². The molecule has 0 aromatic carbocycles. The van der Waals surface area contributed by atoms with E-state index < -0.39 is 0 Å². The molecule has 1 heterocycles. The molecule has 2 saturated carbocycles. The van der Waals surface area contributed by atoms with Crippen molar-refractivity contribution in [1.82, 2.24) is 0 Å². The highest BCUT2D eigenvalue weighted by Crippen LogP contribution is 2.61. The van der Waals surface area contributed by atoms with Gasteiger partial charge in [-0.25, -0.2) is 0 Å². The summed E-state index contributed by atoms with van der Waals surface area (Å²) in [6.07, 6.45) is 3.71. The van der Waals surface area contributed by atoms with Gasteiger partial charge in [0.25, 0.3) is 0 Å². The third-order valence-electron chi connectivity index (χ3n) is 5.45. The normalized spacial score (nSPS) is 55.7. The van der Waals surface area contributed by atoms with Gasteiger partial charge in [0.2, 0.25) is 0 Å². The highest BCUT2D eigenvalue weighted by Gasteiger charge is 2.63. The third-order valence-corrected chi connectivity index (χ3v) is 5.45. The van der Waals surface area contributed by atoms with Gasteiger partial charge >= 0.3 is 5.97 Å². The number of fused-ring (bicyclic) bond motifs is 3. The summed E-state index contributed by atoms with van der Waals surface area (Å²) in [5.74, 6) is 0.340. The highest BCUT2D eigenvalue weighted by molar-refractivity contribution is 5.76. The molecule has 3 heteroatoms. The van der Waals surface area contributed by atoms with Crippen LogP contribution in [0.5, 0.6) is 0 Å². The number of esters is 1. The lowest BCUT2D eigenvalue weighted by molar-refractivity contribution is -0.149. The SMILES string of the molecule is C[C@]12COC(=O)[C@@H]1[C@@H]1CCC[C@]1(C)[C@H](O)C2. The lowest BCUT2D eigenvalue weighted by atomic mass is 9.54. The Hall–Kier alpha value is -0.570. The molecule has 0 radical (unpaired) electrons. The zero-order valence-electron chi connectivity index (χ0n) is 10.0. The number of hydrogen-bond donors (Lipinski definition) is 1. The maximum atomic E-state index is 11.9. The highest BCUT2D eigenvalue weighted by atomic mass is 16.5. The Balaban J connectivity index is 2.03. The molecule has 3 nitrogen and oxygen atoms in total. The molecule has 0 aromatic rings. The van der Waals surface area contributed by atoms with E-state index in [0.717, 1.165) is 25.7 Å². The standard InChI is InChI=1S/C13H20O3/c1-12-6-9(14)13(2)5-3-4-8(13)10(12)11(15)16-7-12/h8-10,14H,3-7H2,1-2H3/t8-,9+,10-,12-,13-/m0/s1. The summed E-state index contributed by atoms with van der Waals surface area (Å²) < 4.78 is 5.25. The number of aliphatic hydroxyl groups is 1. The van der Waals surface area contributed by atoms with Gasteiger partial charge in [0.15, 0.2) is 0 Å². The molecule has 5 atom stereocenters. The first-order chi connectivity index (χ1) is 7.47. The molecular formula is C13H20O3. The second kappa shape index (κ2) is 3.00. The molecule has 90 valence electrons. The number of aliphatic hydroxyl groups excluding tert-OH is 1. The number of ether oxygens (including phenoxy) is 1. The van der Waals surface area contributed by atoms with Crippen LogP contribution in [-0.4, -0.2) is 23.8 Å². The summed E-state index contributed by atoms with van der Waals surface area (Å²) in [4.78, 5) is 11.9. The minimum atomic E-state index is -0.268. The Morgan fingerprint density at radius 3 is 2.94 bits per heavy atom. The quantitative estimate of drug-likeness (QED) is 0.637. The number of carbonyl (C=O) groups is 1. The Morgan fingerprint density at radius 2 is 2.19 bits per heavy atom. The van der Waals surface area contributed by atoms with E-state index in [1.54, 1.807) is 0 Å². The van der Waals surface area contributed by atoms with E-state index in [9.17, 15) is 9.90 Å². The second-order valence-electron chi connectivity index (χ2n) is 6.46. The Kier molecular flexibility index (Phi) is 1.99. The lowest BCUT2D eigenvalue weighted by Gasteiger charge is -2.49. The minimum absolute atomic E-state index is 0.0208. The smallest absolute Gasteiger partial charge is 0.309 e. The van der Waals surface area contributed by atoms with Gasteiger partial charge in [0.1, 0.15) is 0 Å². The van der Waals surface area contributed by atoms with Crippen LogP contribution in [0.1, 0.15) is 39.5 Å². The molecule has 3 aliphatic rings. The number of rotatable bonds is 0. The summed E-state index contributed by atoms with van der Waals surface area (Å²) >= 11 is 0. The van der Waals surface area contributed by atoms with Crippen LogP contribution in [0.4, 0.5) is 0 Å². The molecule has 0 unspecified atom stereocenters. The van der Waals surface area contributed by atoms with Gasteiger partial charge in [-0.15, -0.1) is 0 Å².